The third-order valence-electron chi connectivity index (χ3n) is 6.71. The molecule has 9 heteroatoms. The van der Waals surface area contributed by atoms with E-state index in [1.165, 1.54) is 12.0 Å². The summed E-state index contributed by atoms with van der Waals surface area (Å²) in [5, 5.41) is 12.1. The Kier molecular flexibility index (Phi) is 7.37. The standard InChI is InChI=1S/C26H31FN4O3S/c1-25(2,22(32)29-5)14-13-16-7-10-18(11-8-16)31-24(35)30(23(33)26(31,3)4)19-12-9-17(15-28)21(34-6)20(19)27/h7-11,19H,12-14H2,1-6H3,(H,29,32). The van der Waals surface area contributed by atoms with Gasteiger partial charge in [-0.15, -0.1) is 0 Å². The largest absolute Gasteiger partial charge is 0.493 e. The Bertz CT molecular complexity index is 1150. The number of anilines is 1. The van der Waals surface area contributed by atoms with Gasteiger partial charge in [-0.1, -0.05) is 32.1 Å². The Hall–Kier alpha value is -3.25. The average molecular weight is 499 g/mol. The summed E-state index contributed by atoms with van der Waals surface area (Å²) >= 11 is 5.68. The molecule has 1 aliphatic heterocycles. The first-order valence-electron chi connectivity index (χ1n) is 11.4. The Morgan fingerprint density at radius 1 is 1.34 bits per heavy atom. The highest BCUT2D eigenvalue weighted by Crippen LogP contribution is 2.39. The molecule has 1 fully saturated rings. The summed E-state index contributed by atoms with van der Waals surface area (Å²) in [5.74, 6) is -1.19. The van der Waals surface area contributed by atoms with Crippen LogP contribution in [0.4, 0.5) is 10.1 Å². The van der Waals surface area contributed by atoms with Gasteiger partial charge in [-0.3, -0.25) is 14.5 Å². The van der Waals surface area contributed by atoms with Crippen molar-refractivity contribution < 1.29 is 18.7 Å². The minimum atomic E-state index is -1.04. The van der Waals surface area contributed by atoms with Crippen molar-refractivity contribution in [3.63, 3.8) is 0 Å². The molecule has 186 valence electrons. The first-order valence-corrected chi connectivity index (χ1v) is 11.8. The maximum Gasteiger partial charge on any atom is 0.255 e. The second-order valence-electron chi connectivity index (χ2n) is 9.84. The third kappa shape index (κ3) is 4.67. The number of benzene rings is 1. The van der Waals surface area contributed by atoms with Gasteiger partial charge in [0.05, 0.1) is 18.7 Å². The van der Waals surface area contributed by atoms with Crippen molar-refractivity contribution in [3.8, 4) is 6.07 Å². The quantitative estimate of drug-likeness (QED) is 0.569. The smallest absolute Gasteiger partial charge is 0.255 e. The van der Waals surface area contributed by atoms with Crippen molar-refractivity contribution in [1.29, 1.82) is 5.26 Å². The van der Waals surface area contributed by atoms with E-state index < -0.39 is 22.8 Å². The molecule has 1 aromatic carbocycles. The number of thiocarbonyl (C=S) groups is 1. The fraction of sp³-hybridized carbons (Fsp3) is 0.462. The molecular formula is C26H31FN4O3S. The van der Waals surface area contributed by atoms with E-state index in [0.29, 0.717) is 18.5 Å². The van der Waals surface area contributed by atoms with E-state index in [2.05, 4.69) is 5.32 Å². The summed E-state index contributed by atoms with van der Waals surface area (Å²) in [6, 6.07) is 8.62. The molecule has 1 aliphatic carbocycles. The first kappa shape index (κ1) is 26.4. The summed E-state index contributed by atoms with van der Waals surface area (Å²) in [6.45, 7) is 7.32. The van der Waals surface area contributed by atoms with Crippen molar-refractivity contribution in [2.24, 2.45) is 5.41 Å². The number of hydrogen-bond donors (Lipinski definition) is 1. The van der Waals surface area contributed by atoms with Gasteiger partial charge in [0.25, 0.3) is 5.91 Å². The zero-order valence-electron chi connectivity index (χ0n) is 20.9. The van der Waals surface area contributed by atoms with Gasteiger partial charge in [0, 0.05) is 18.2 Å². The molecule has 7 nitrogen and oxygen atoms in total. The molecule has 1 N–H and O–H groups in total. The normalized spacial score (nSPS) is 20.1. The summed E-state index contributed by atoms with van der Waals surface area (Å²) in [7, 11) is 2.92. The Balaban J connectivity index is 1.85. The lowest BCUT2D eigenvalue weighted by molar-refractivity contribution is -0.131. The monoisotopic (exact) mass is 498 g/mol. The Labute approximate surface area is 211 Å². The number of carbonyl (C=O) groups excluding carboxylic acids is 2. The zero-order chi connectivity index (χ0) is 26.1. The van der Waals surface area contributed by atoms with Crippen LogP contribution >= 0.6 is 12.2 Å². The van der Waals surface area contributed by atoms with Crippen molar-refractivity contribution in [3.05, 3.63) is 53.1 Å². The molecule has 0 saturated carbocycles. The molecule has 0 bridgehead atoms. The van der Waals surface area contributed by atoms with E-state index in [4.69, 9.17) is 17.0 Å². The number of allylic oxidation sites excluding steroid dienone is 1. The Morgan fingerprint density at radius 2 is 1.97 bits per heavy atom. The number of nitriles is 1. The lowest BCUT2D eigenvalue weighted by atomic mass is 9.85. The van der Waals surface area contributed by atoms with Crippen LogP contribution in [0.25, 0.3) is 0 Å². The molecule has 1 saturated heterocycles. The number of amides is 2. The van der Waals surface area contributed by atoms with Crippen LogP contribution in [0.15, 0.2) is 47.5 Å². The van der Waals surface area contributed by atoms with E-state index in [9.17, 15) is 14.9 Å². The number of nitrogens with one attached hydrogen (secondary N) is 1. The third-order valence-corrected chi connectivity index (χ3v) is 7.09. The summed E-state index contributed by atoms with van der Waals surface area (Å²) in [6.07, 6.45) is 3.08. The molecule has 3 rings (SSSR count). The number of halogens is 1. The molecule has 35 heavy (non-hydrogen) atoms. The zero-order valence-corrected chi connectivity index (χ0v) is 21.8. The molecule has 0 aromatic heterocycles. The van der Waals surface area contributed by atoms with E-state index in [1.54, 1.807) is 31.9 Å². The molecular weight excluding hydrogens is 467 g/mol. The van der Waals surface area contributed by atoms with Crippen LogP contribution in [-0.4, -0.2) is 47.6 Å². The van der Waals surface area contributed by atoms with Crippen molar-refractivity contribution in [2.45, 2.75) is 58.5 Å². The van der Waals surface area contributed by atoms with Gasteiger partial charge in [0.2, 0.25) is 5.91 Å². The van der Waals surface area contributed by atoms with Gasteiger partial charge in [-0.05, 0) is 63.0 Å². The molecule has 1 heterocycles. The van der Waals surface area contributed by atoms with Crippen LogP contribution in [0.3, 0.4) is 0 Å². The van der Waals surface area contributed by atoms with E-state index in [0.717, 1.165) is 5.56 Å². The van der Waals surface area contributed by atoms with Crippen molar-refractivity contribution >= 4 is 34.8 Å². The lowest BCUT2D eigenvalue weighted by Gasteiger charge is -2.30. The SMILES string of the molecule is CNC(=O)C(C)(C)CCc1ccc(N2C(=S)N(C3CC=C(C#N)C(OC)=C3F)C(=O)C2(C)C)cc1. The number of methoxy groups -OCH3 is 1. The predicted molar refractivity (Wildman–Crippen MR) is 136 cm³/mol. The molecule has 2 amide bonds. The second kappa shape index (κ2) is 9.78. The van der Waals surface area contributed by atoms with Gasteiger partial charge in [0.1, 0.15) is 11.6 Å². The number of rotatable bonds is 7. The van der Waals surface area contributed by atoms with Gasteiger partial charge < -0.3 is 15.0 Å². The lowest BCUT2D eigenvalue weighted by Crippen LogP contribution is -2.45. The van der Waals surface area contributed by atoms with Crippen LogP contribution in [-0.2, 0) is 20.7 Å². The molecule has 2 aliphatic rings. The number of nitrogens with zero attached hydrogens (tertiary/aromatic N) is 3. The summed E-state index contributed by atoms with van der Waals surface area (Å²) < 4.78 is 20.4. The maximum atomic E-state index is 15.3. The molecule has 0 spiro atoms. The van der Waals surface area contributed by atoms with E-state index in [1.807, 2.05) is 44.2 Å². The van der Waals surface area contributed by atoms with Gasteiger partial charge in [-0.2, -0.15) is 5.26 Å². The second-order valence-corrected chi connectivity index (χ2v) is 10.2. The van der Waals surface area contributed by atoms with Crippen molar-refractivity contribution in [2.75, 3.05) is 19.1 Å². The number of carbonyl (C=O) groups is 2. The fourth-order valence-corrected chi connectivity index (χ4v) is 5.02. The predicted octanol–water partition coefficient (Wildman–Crippen LogP) is 4.15. The topological polar surface area (TPSA) is 85.7 Å². The highest BCUT2D eigenvalue weighted by atomic mass is 32.1. The number of hydrogen-bond acceptors (Lipinski definition) is 5. The van der Waals surface area contributed by atoms with E-state index >= 15 is 4.39 Å². The maximum absolute atomic E-state index is 15.3. The molecule has 1 aromatic rings. The Morgan fingerprint density at radius 3 is 2.51 bits per heavy atom. The van der Waals surface area contributed by atoms with Crippen molar-refractivity contribution in [1.82, 2.24) is 10.2 Å². The van der Waals surface area contributed by atoms with Gasteiger partial charge >= 0.3 is 0 Å². The fourth-order valence-electron chi connectivity index (χ4n) is 4.48. The number of aryl methyl sites for hydroxylation is 1. The molecule has 1 atom stereocenters. The highest BCUT2D eigenvalue weighted by Gasteiger charge is 2.53. The van der Waals surface area contributed by atoms with Crippen LogP contribution < -0.4 is 10.2 Å². The van der Waals surface area contributed by atoms with Gasteiger partial charge in [-0.25, -0.2) is 4.39 Å². The molecule has 0 radical (unpaired) electrons. The average Bonchev–Trinajstić information content (AvgIpc) is 3.00. The summed E-state index contributed by atoms with van der Waals surface area (Å²) in [5.41, 5.74) is 0.344. The number of ether oxygens (including phenoxy) is 1. The van der Waals surface area contributed by atoms with Crippen LogP contribution in [0, 0.1) is 16.7 Å². The first-order chi connectivity index (χ1) is 16.4. The van der Waals surface area contributed by atoms with Crippen LogP contribution in [0.5, 0.6) is 0 Å². The minimum absolute atomic E-state index is 0.00532. The van der Waals surface area contributed by atoms with E-state index in [-0.39, 0.29) is 34.7 Å². The highest BCUT2D eigenvalue weighted by molar-refractivity contribution is 7.80. The minimum Gasteiger partial charge on any atom is -0.493 e. The summed E-state index contributed by atoms with van der Waals surface area (Å²) in [4.78, 5) is 28.5. The molecule has 1 unspecified atom stereocenters. The van der Waals surface area contributed by atoms with Crippen LogP contribution in [0.1, 0.15) is 46.1 Å². The van der Waals surface area contributed by atoms with Crippen LogP contribution in [0.2, 0.25) is 0 Å². The van der Waals surface area contributed by atoms with Gasteiger partial charge in [0.15, 0.2) is 16.7 Å².